The zero-order valence-corrected chi connectivity index (χ0v) is 19.0. The summed E-state index contributed by atoms with van der Waals surface area (Å²) in [5.74, 6) is 0.506. The summed E-state index contributed by atoms with van der Waals surface area (Å²) in [4.78, 5) is 38.1. The molecule has 1 saturated heterocycles. The molecule has 1 fully saturated rings. The zero-order valence-electron chi connectivity index (χ0n) is 19.0. The number of carbonyl (C=O) groups excluding carboxylic acids is 2. The molecule has 8 heteroatoms. The van der Waals surface area contributed by atoms with Crippen LogP contribution in [-0.2, 0) is 24.3 Å². The maximum absolute atomic E-state index is 13.0. The van der Waals surface area contributed by atoms with Gasteiger partial charge in [0, 0.05) is 38.6 Å². The van der Waals surface area contributed by atoms with Crippen LogP contribution in [0.15, 0.2) is 78.3 Å². The number of amides is 3. The molecule has 1 unspecified atom stereocenters. The number of imidazole rings is 1. The van der Waals surface area contributed by atoms with Crippen LogP contribution in [0.1, 0.15) is 29.2 Å². The third-order valence-electron chi connectivity index (χ3n) is 6.42. The number of nitrogens with one attached hydrogen (secondary N) is 1. The molecule has 0 spiro atoms. The highest BCUT2D eigenvalue weighted by molar-refractivity contribution is 6.08. The number of hydrogen-bond acceptors (Lipinski definition) is 4. The summed E-state index contributed by atoms with van der Waals surface area (Å²) in [6, 6.07) is 17.6. The molecule has 5 rings (SSSR count). The molecule has 2 aliphatic heterocycles. The van der Waals surface area contributed by atoms with E-state index in [-0.39, 0.29) is 24.5 Å². The smallest absolute Gasteiger partial charge is 0.323 e. The van der Waals surface area contributed by atoms with Gasteiger partial charge >= 0.3 is 6.03 Å². The molecule has 1 atom stereocenters. The van der Waals surface area contributed by atoms with Crippen molar-refractivity contribution < 1.29 is 9.59 Å². The number of rotatable bonds is 7. The van der Waals surface area contributed by atoms with E-state index in [2.05, 4.69) is 27.4 Å². The van der Waals surface area contributed by atoms with Crippen LogP contribution in [0.25, 0.3) is 0 Å². The van der Waals surface area contributed by atoms with Gasteiger partial charge in [0.1, 0.15) is 18.4 Å². The molecule has 1 N–H and O–H groups in total. The molecular formula is C26H28N6O2. The Bertz CT molecular complexity index is 1180. The molecule has 0 saturated carbocycles. The van der Waals surface area contributed by atoms with Crippen molar-refractivity contribution >= 4 is 17.8 Å². The minimum atomic E-state index is -0.327. The predicted molar refractivity (Wildman–Crippen MR) is 129 cm³/mol. The quantitative estimate of drug-likeness (QED) is 0.593. The average Bonchev–Trinajstić information content (AvgIpc) is 3.50. The van der Waals surface area contributed by atoms with E-state index in [1.165, 1.54) is 11.1 Å². The van der Waals surface area contributed by atoms with Crippen molar-refractivity contribution in [1.29, 1.82) is 0 Å². The first-order valence-corrected chi connectivity index (χ1v) is 11.7. The summed E-state index contributed by atoms with van der Waals surface area (Å²) in [5.41, 5.74) is 3.47. The van der Waals surface area contributed by atoms with Crippen LogP contribution < -0.4 is 5.32 Å². The lowest BCUT2D eigenvalue weighted by atomic mass is 10.00. The Morgan fingerprint density at radius 2 is 1.85 bits per heavy atom. The Morgan fingerprint density at radius 1 is 1.06 bits per heavy atom. The van der Waals surface area contributed by atoms with Crippen LogP contribution in [-0.4, -0.2) is 56.8 Å². The fourth-order valence-electron chi connectivity index (χ4n) is 4.65. The molecule has 0 aliphatic carbocycles. The van der Waals surface area contributed by atoms with Crippen molar-refractivity contribution in [2.75, 3.05) is 19.6 Å². The first-order valence-electron chi connectivity index (χ1n) is 11.7. The molecule has 174 valence electrons. The third-order valence-corrected chi connectivity index (χ3v) is 6.42. The lowest BCUT2D eigenvalue weighted by Gasteiger charge is -2.28. The summed E-state index contributed by atoms with van der Waals surface area (Å²) in [6.45, 7) is 2.65. The minimum Gasteiger partial charge on any atom is -0.337 e. The molecule has 8 nitrogen and oxygen atoms in total. The summed E-state index contributed by atoms with van der Waals surface area (Å²) in [6.07, 6.45) is 7.07. The van der Waals surface area contributed by atoms with E-state index in [9.17, 15) is 9.59 Å². The van der Waals surface area contributed by atoms with Crippen LogP contribution in [0.4, 0.5) is 4.79 Å². The van der Waals surface area contributed by atoms with Gasteiger partial charge in [-0.1, -0.05) is 54.6 Å². The van der Waals surface area contributed by atoms with E-state index in [0.717, 1.165) is 24.9 Å². The van der Waals surface area contributed by atoms with Gasteiger partial charge in [-0.05, 0) is 29.5 Å². The van der Waals surface area contributed by atoms with Gasteiger partial charge in [-0.2, -0.15) is 0 Å². The van der Waals surface area contributed by atoms with Crippen molar-refractivity contribution in [1.82, 2.24) is 24.7 Å². The fourth-order valence-corrected chi connectivity index (χ4v) is 4.65. The summed E-state index contributed by atoms with van der Waals surface area (Å²) in [5, 5.41) is 2.92. The number of fused-ring (bicyclic) bond motifs is 1. The topological polar surface area (TPSA) is 82.8 Å². The predicted octanol–water partition coefficient (Wildman–Crippen LogP) is 3.02. The van der Waals surface area contributed by atoms with Crippen molar-refractivity contribution in [2.45, 2.75) is 32.0 Å². The standard InChI is InChI=1S/C26H28N6O2/c33-23(31-15-11-20-7-4-5-10-22(20)18-31)17-28-25-24(21-8-2-1-3-9-21)32(26(34)29-25)14-6-13-30-16-12-27-19-30/h1-5,7-10,12,16,19,24H,6,11,13-15,17-18H2,(H,28,29,34). The molecule has 0 radical (unpaired) electrons. The van der Waals surface area contributed by atoms with Crippen LogP contribution in [0.3, 0.4) is 0 Å². The Hall–Kier alpha value is -3.94. The highest BCUT2D eigenvalue weighted by Crippen LogP contribution is 2.27. The number of aryl methyl sites for hydroxylation is 1. The van der Waals surface area contributed by atoms with Gasteiger partial charge in [0.2, 0.25) is 5.91 Å². The lowest BCUT2D eigenvalue weighted by Crippen LogP contribution is -2.37. The summed E-state index contributed by atoms with van der Waals surface area (Å²) >= 11 is 0. The van der Waals surface area contributed by atoms with E-state index >= 15 is 0 Å². The van der Waals surface area contributed by atoms with Gasteiger partial charge in [-0.3, -0.25) is 15.1 Å². The lowest BCUT2D eigenvalue weighted by molar-refractivity contribution is -0.130. The van der Waals surface area contributed by atoms with Crippen LogP contribution >= 0.6 is 0 Å². The van der Waals surface area contributed by atoms with Crippen molar-refractivity contribution in [3.8, 4) is 0 Å². The highest BCUT2D eigenvalue weighted by Gasteiger charge is 2.37. The monoisotopic (exact) mass is 456 g/mol. The molecule has 2 aliphatic rings. The molecule has 3 amide bonds. The van der Waals surface area contributed by atoms with Crippen LogP contribution in [0, 0.1) is 0 Å². The van der Waals surface area contributed by atoms with Crippen molar-refractivity contribution in [3.63, 3.8) is 0 Å². The molecule has 2 aromatic carbocycles. The second-order valence-corrected chi connectivity index (χ2v) is 8.63. The third kappa shape index (κ3) is 4.71. The first kappa shape index (κ1) is 21.9. The molecule has 3 aromatic rings. The molecular weight excluding hydrogens is 428 g/mol. The molecule has 0 bridgehead atoms. The normalized spacial score (nSPS) is 18.8. The van der Waals surface area contributed by atoms with Crippen molar-refractivity contribution in [3.05, 3.63) is 90.0 Å². The fraction of sp³-hybridized carbons (Fsp3) is 0.308. The van der Waals surface area contributed by atoms with Gasteiger partial charge in [-0.15, -0.1) is 0 Å². The van der Waals surface area contributed by atoms with Crippen LogP contribution in [0.2, 0.25) is 0 Å². The molecule has 1 aromatic heterocycles. The number of hydrogen-bond donors (Lipinski definition) is 1. The number of aliphatic imine (C=N–C) groups is 1. The van der Waals surface area contributed by atoms with E-state index in [1.54, 1.807) is 17.4 Å². The van der Waals surface area contributed by atoms with Gasteiger partial charge in [0.05, 0.1) is 6.33 Å². The van der Waals surface area contributed by atoms with Crippen molar-refractivity contribution in [2.24, 2.45) is 4.99 Å². The zero-order chi connectivity index (χ0) is 23.3. The molecule has 3 heterocycles. The largest absolute Gasteiger partial charge is 0.337 e. The Kier molecular flexibility index (Phi) is 6.38. The number of carbonyl (C=O) groups is 2. The van der Waals surface area contributed by atoms with Gasteiger partial charge in [-0.25, -0.2) is 9.78 Å². The Labute approximate surface area is 198 Å². The van der Waals surface area contributed by atoms with Crippen LogP contribution in [0.5, 0.6) is 0 Å². The van der Waals surface area contributed by atoms with E-state index in [0.29, 0.717) is 25.5 Å². The number of aromatic nitrogens is 2. The second-order valence-electron chi connectivity index (χ2n) is 8.63. The maximum atomic E-state index is 13.0. The summed E-state index contributed by atoms with van der Waals surface area (Å²) < 4.78 is 2.00. The number of nitrogens with zero attached hydrogens (tertiary/aromatic N) is 5. The summed E-state index contributed by atoms with van der Waals surface area (Å²) in [7, 11) is 0. The minimum absolute atomic E-state index is 0.0178. The first-order chi connectivity index (χ1) is 16.7. The highest BCUT2D eigenvalue weighted by atomic mass is 16.2. The number of benzene rings is 2. The SMILES string of the molecule is O=C(C/N=C1/NC(=O)N(CCCn2ccnc2)C1c1ccccc1)N1CCc2ccccc2C1. The number of urea groups is 1. The maximum Gasteiger partial charge on any atom is 0.323 e. The average molecular weight is 457 g/mol. The van der Waals surface area contributed by atoms with Gasteiger partial charge in [0.15, 0.2) is 0 Å². The number of amidine groups is 1. The second kappa shape index (κ2) is 9.91. The Morgan fingerprint density at radius 3 is 2.65 bits per heavy atom. The van der Waals surface area contributed by atoms with E-state index < -0.39 is 0 Å². The molecule has 34 heavy (non-hydrogen) atoms. The van der Waals surface area contributed by atoms with E-state index in [1.807, 2.05) is 58.1 Å². The Balaban J connectivity index is 1.29. The van der Waals surface area contributed by atoms with Gasteiger partial charge in [0.25, 0.3) is 0 Å². The van der Waals surface area contributed by atoms with Gasteiger partial charge < -0.3 is 14.4 Å². The van der Waals surface area contributed by atoms with E-state index in [4.69, 9.17) is 0 Å².